The van der Waals surface area contributed by atoms with Crippen LogP contribution in [0.4, 0.5) is 0 Å². The molecule has 7 nitrogen and oxygen atoms in total. The monoisotopic (exact) mass is 428 g/mol. The molecule has 0 amide bonds. The Balaban J connectivity index is 1.20. The average Bonchev–Trinajstić information content (AvgIpc) is 3.43. The van der Waals surface area contributed by atoms with Crippen molar-refractivity contribution in [2.24, 2.45) is 0 Å². The summed E-state index contributed by atoms with van der Waals surface area (Å²) in [5, 5.41) is 16.2. The van der Waals surface area contributed by atoms with Crippen LogP contribution in [-0.4, -0.2) is 40.2 Å². The van der Waals surface area contributed by atoms with Crippen LogP contribution >= 0.6 is 0 Å². The zero-order chi connectivity index (χ0) is 21.7. The van der Waals surface area contributed by atoms with Crippen molar-refractivity contribution in [3.05, 3.63) is 77.4 Å². The van der Waals surface area contributed by atoms with Crippen LogP contribution in [0.25, 0.3) is 22.2 Å². The van der Waals surface area contributed by atoms with Crippen LogP contribution in [-0.2, 0) is 17.9 Å². The molecule has 1 N–H and O–H groups in total. The van der Waals surface area contributed by atoms with Gasteiger partial charge in [-0.3, -0.25) is 9.48 Å². The highest BCUT2D eigenvalue weighted by molar-refractivity contribution is 6.25. The second-order valence-corrected chi connectivity index (χ2v) is 7.96. The van der Waals surface area contributed by atoms with Crippen LogP contribution < -0.4 is 9.47 Å². The van der Waals surface area contributed by atoms with E-state index >= 15 is 0 Å². The van der Waals surface area contributed by atoms with Crippen molar-refractivity contribution >= 4 is 16.7 Å². The number of ether oxygens (including phenoxy) is 3. The molecule has 0 saturated heterocycles. The Morgan fingerprint density at radius 3 is 2.72 bits per heavy atom. The molecule has 0 unspecified atom stereocenters. The topological polar surface area (TPSA) is 82.8 Å². The Hall–Kier alpha value is -3.68. The Bertz CT molecular complexity index is 1360. The summed E-state index contributed by atoms with van der Waals surface area (Å²) in [5.74, 6) is 1.44. The first kappa shape index (κ1) is 19.0. The number of carbonyl (C=O) groups is 1. The van der Waals surface area contributed by atoms with Crippen molar-refractivity contribution in [2.45, 2.75) is 19.3 Å². The van der Waals surface area contributed by atoms with Gasteiger partial charge in [-0.1, -0.05) is 42.5 Å². The summed E-state index contributed by atoms with van der Waals surface area (Å²) in [6.07, 6.45) is -0.754. The molecule has 6 rings (SSSR count). The van der Waals surface area contributed by atoms with E-state index in [1.165, 1.54) is 0 Å². The van der Waals surface area contributed by atoms with Crippen molar-refractivity contribution < 1.29 is 24.1 Å². The molecular formula is C25H20N2O5. The maximum Gasteiger partial charge on any atom is 0.231 e. The second kappa shape index (κ2) is 7.47. The number of benzene rings is 3. The minimum atomic E-state index is -0.754. The molecule has 1 aliphatic heterocycles. The van der Waals surface area contributed by atoms with Crippen molar-refractivity contribution in [3.63, 3.8) is 0 Å². The lowest BCUT2D eigenvalue weighted by molar-refractivity contribution is 0.0193. The van der Waals surface area contributed by atoms with Crippen LogP contribution in [0.2, 0.25) is 0 Å². The highest BCUT2D eigenvalue weighted by Crippen LogP contribution is 2.38. The lowest BCUT2D eigenvalue weighted by atomic mass is 9.87. The van der Waals surface area contributed by atoms with Gasteiger partial charge in [0.25, 0.3) is 0 Å². The molecule has 0 spiro atoms. The Labute approximate surface area is 183 Å². The minimum absolute atomic E-state index is 0.00542. The van der Waals surface area contributed by atoms with Gasteiger partial charge in [-0.2, -0.15) is 5.10 Å². The first-order valence-corrected chi connectivity index (χ1v) is 10.5. The third-order valence-electron chi connectivity index (χ3n) is 5.85. The Morgan fingerprint density at radius 2 is 1.81 bits per heavy atom. The predicted molar refractivity (Wildman–Crippen MR) is 117 cm³/mol. The second-order valence-electron chi connectivity index (χ2n) is 7.96. The van der Waals surface area contributed by atoms with Crippen LogP contribution in [0.3, 0.4) is 0 Å². The van der Waals surface area contributed by atoms with Crippen molar-refractivity contribution in [3.8, 4) is 22.8 Å². The fraction of sp³-hybridized carbons (Fsp3) is 0.200. The average molecular weight is 428 g/mol. The number of nitrogens with zero attached hydrogens (tertiary/aromatic N) is 2. The van der Waals surface area contributed by atoms with Gasteiger partial charge in [0.05, 0.1) is 31.4 Å². The van der Waals surface area contributed by atoms with Crippen LogP contribution in [0.5, 0.6) is 11.5 Å². The van der Waals surface area contributed by atoms with Gasteiger partial charge in [-0.25, -0.2) is 0 Å². The summed E-state index contributed by atoms with van der Waals surface area (Å²) >= 11 is 0. The van der Waals surface area contributed by atoms with E-state index in [1.807, 2.05) is 60.7 Å². The predicted octanol–water partition coefficient (Wildman–Crippen LogP) is 3.55. The Kier molecular flexibility index (Phi) is 4.45. The van der Waals surface area contributed by atoms with Gasteiger partial charge in [0.1, 0.15) is 5.69 Å². The number of aromatic nitrogens is 2. The summed E-state index contributed by atoms with van der Waals surface area (Å²) in [7, 11) is 0. The van der Waals surface area contributed by atoms with Crippen molar-refractivity contribution in [1.29, 1.82) is 0 Å². The lowest BCUT2D eigenvalue weighted by Gasteiger charge is -2.14. The van der Waals surface area contributed by atoms with Gasteiger partial charge in [0, 0.05) is 22.1 Å². The molecular weight excluding hydrogens is 408 g/mol. The lowest BCUT2D eigenvalue weighted by Crippen LogP contribution is -2.22. The zero-order valence-electron chi connectivity index (χ0n) is 17.2. The summed E-state index contributed by atoms with van der Waals surface area (Å²) in [5.41, 5.74) is 4.68. The number of ketones is 1. The molecule has 1 aromatic heterocycles. The SMILES string of the molecule is O=C1c2ccccc2-c2nn(C[C@H](O)COCc3ccc4c(c3)OCO4)c3cccc1c23. The van der Waals surface area contributed by atoms with Gasteiger partial charge in [-0.15, -0.1) is 0 Å². The Morgan fingerprint density at radius 1 is 1.00 bits per heavy atom. The number of hydrogen-bond donors (Lipinski definition) is 1. The fourth-order valence-electron chi connectivity index (χ4n) is 4.37. The maximum absolute atomic E-state index is 12.9. The van der Waals surface area contributed by atoms with E-state index in [-0.39, 0.29) is 25.7 Å². The van der Waals surface area contributed by atoms with Gasteiger partial charge < -0.3 is 19.3 Å². The molecule has 0 fully saturated rings. The normalized spacial score (nSPS) is 14.6. The molecule has 0 bridgehead atoms. The van der Waals surface area contributed by atoms with E-state index in [1.54, 1.807) is 4.68 Å². The van der Waals surface area contributed by atoms with Crippen LogP contribution in [0.15, 0.2) is 60.7 Å². The number of hydrogen-bond acceptors (Lipinski definition) is 6. The molecule has 32 heavy (non-hydrogen) atoms. The summed E-state index contributed by atoms with van der Waals surface area (Å²) in [6, 6.07) is 18.8. The van der Waals surface area contributed by atoms with Gasteiger partial charge in [0.15, 0.2) is 17.3 Å². The fourth-order valence-corrected chi connectivity index (χ4v) is 4.37. The summed E-state index contributed by atoms with van der Waals surface area (Å²) in [4.78, 5) is 12.9. The molecule has 2 aliphatic rings. The van der Waals surface area contributed by atoms with Gasteiger partial charge >= 0.3 is 0 Å². The van der Waals surface area contributed by atoms with Gasteiger partial charge in [0.2, 0.25) is 6.79 Å². The van der Waals surface area contributed by atoms with E-state index < -0.39 is 6.10 Å². The minimum Gasteiger partial charge on any atom is -0.454 e. The quantitative estimate of drug-likeness (QED) is 0.445. The molecule has 0 radical (unpaired) electrons. The third-order valence-corrected chi connectivity index (χ3v) is 5.85. The molecule has 0 saturated carbocycles. The van der Waals surface area contributed by atoms with Gasteiger partial charge in [-0.05, 0) is 23.8 Å². The van der Waals surface area contributed by atoms with Crippen LogP contribution in [0, 0.1) is 0 Å². The van der Waals surface area contributed by atoms with E-state index in [2.05, 4.69) is 0 Å². The molecule has 2 heterocycles. The standard InChI is InChI=1S/C25H20N2O5/c28-16(13-30-12-15-8-9-21-22(10-15)32-14-31-21)11-27-20-7-3-6-19-23(20)24(26-27)17-4-1-2-5-18(17)25(19)29/h1-10,16,28H,11-14H2/t16-/m0/s1. The maximum atomic E-state index is 12.9. The first-order chi connectivity index (χ1) is 15.7. The molecule has 7 heteroatoms. The number of aliphatic hydroxyl groups excluding tert-OH is 1. The summed E-state index contributed by atoms with van der Waals surface area (Å²) < 4.78 is 18.2. The summed E-state index contributed by atoms with van der Waals surface area (Å²) in [6.45, 7) is 0.999. The number of carbonyl (C=O) groups excluding carboxylic acids is 1. The first-order valence-electron chi connectivity index (χ1n) is 10.5. The highest BCUT2D eigenvalue weighted by Gasteiger charge is 2.28. The smallest absolute Gasteiger partial charge is 0.231 e. The highest BCUT2D eigenvalue weighted by atomic mass is 16.7. The van der Waals surface area contributed by atoms with Crippen molar-refractivity contribution in [2.75, 3.05) is 13.4 Å². The molecule has 1 atom stereocenters. The van der Waals surface area contributed by atoms with Crippen LogP contribution in [0.1, 0.15) is 21.5 Å². The van der Waals surface area contributed by atoms with Crippen molar-refractivity contribution in [1.82, 2.24) is 9.78 Å². The molecule has 160 valence electrons. The number of fused-ring (bicyclic) bond motifs is 3. The third kappa shape index (κ3) is 3.05. The number of aliphatic hydroxyl groups is 1. The van der Waals surface area contributed by atoms with E-state index in [0.717, 1.165) is 33.5 Å². The van der Waals surface area contributed by atoms with E-state index in [9.17, 15) is 9.90 Å². The molecule has 3 aromatic carbocycles. The zero-order valence-corrected chi connectivity index (χ0v) is 17.2. The van der Waals surface area contributed by atoms with E-state index in [0.29, 0.717) is 23.5 Å². The number of rotatable bonds is 6. The molecule has 4 aromatic rings. The largest absolute Gasteiger partial charge is 0.454 e. The molecule has 1 aliphatic carbocycles. The van der Waals surface area contributed by atoms with E-state index in [4.69, 9.17) is 19.3 Å².